The molecule has 7 heteroatoms. The number of hydrogen-bond acceptors (Lipinski definition) is 3. The number of rotatable bonds is 6. The summed E-state index contributed by atoms with van der Waals surface area (Å²) < 4.78 is 58.2. The maximum absolute atomic E-state index is 14.1. The third kappa shape index (κ3) is 4.10. The Morgan fingerprint density at radius 3 is 2.58 bits per heavy atom. The van der Waals surface area contributed by atoms with Crippen molar-refractivity contribution in [1.29, 1.82) is 0 Å². The molecule has 0 aliphatic carbocycles. The van der Waals surface area contributed by atoms with E-state index in [9.17, 15) is 22.4 Å². The predicted molar refractivity (Wildman–Crippen MR) is 80.4 cm³/mol. The summed E-state index contributed by atoms with van der Waals surface area (Å²) in [6.07, 6.45) is -1.34. The summed E-state index contributed by atoms with van der Waals surface area (Å²) in [5.74, 6) is -0.861. The summed E-state index contributed by atoms with van der Waals surface area (Å²) in [6, 6.07) is 3.35. The Morgan fingerprint density at radius 2 is 1.96 bits per heavy atom. The second kappa shape index (κ2) is 7.42. The molecule has 0 aliphatic heterocycles. The zero-order chi connectivity index (χ0) is 17.7. The molecule has 128 valence electrons. The van der Waals surface area contributed by atoms with Gasteiger partial charge in [-0.1, -0.05) is 13.3 Å². The molecular weight excluding hydrogens is 326 g/mol. The number of carbonyl (C=O) groups excluding carboxylic acids is 1. The van der Waals surface area contributed by atoms with Crippen LogP contribution in [0, 0.1) is 5.82 Å². The highest BCUT2D eigenvalue weighted by atomic mass is 19.4. The van der Waals surface area contributed by atoms with Crippen molar-refractivity contribution in [2.75, 3.05) is 6.61 Å². The molecule has 0 bridgehead atoms. The molecule has 2 aromatic rings. The van der Waals surface area contributed by atoms with E-state index in [1.54, 1.807) is 0 Å². The van der Waals surface area contributed by atoms with Crippen LogP contribution in [0.1, 0.15) is 35.7 Å². The summed E-state index contributed by atoms with van der Waals surface area (Å²) in [4.78, 5) is 14.8. The average molecular weight is 341 g/mol. The Bertz CT molecular complexity index is 729. The first-order valence-electron chi connectivity index (χ1n) is 7.32. The standard InChI is InChI=1S/C17H15F4NO2/c1-2-3-6-24-16-14(7-11(10-23)9-22-16)13-8-12(17(19,20)21)4-5-15(13)18/h4-5,7-10H,2-3,6H2,1H3. The molecule has 0 saturated carbocycles. The van der Waals surface area contributed by atoms with Crippen molar-refractivity contribution in [2.24, 2.45) is 0 Å². The Hall–Kier alpha value is -2.44. The maximum atomic E-state index is 14.1. The van der Waals surface area contributed by atoms with Gasteiger partial charge in [0.05, 0.1) is 12.2 Å². The number of unbranched alkanes of at least 4 members (excludes halogenated alkanes) is 1. The van der Waals surface area contributed by atoms with E-state index in [-0.39, 0.29) is 29.2 Å². The molecule has 1 aromatic heterocycles. The number of aldehydes is 1. The van der Waals surface area contributed by atoms with Gasteiger partial charge < -0.3 is 4.74 Å². The largest absolute Gasteiger partial charge is 0.477 e. The van der Waals surface area contributed by atoms with Crippen LogP contribution in [-0.4, -0.2) is 17.9 Å². The first-order valence-corrected chi connectivity index (χ1v) is 7.32. The molecule has 0 spiro atoms. The zero-order valence-corrected chi connectivity index (χ0v) is 12.9. The zero-order valence-electron chi connectivity index (χ0n) is 12.9. The van der Waals surface area contributed by atoms with Crippen molar-refractivity contribution in [3.63, 3.8) is 0 Å². The summed E-state index contributed by atoms with van der Waals surface area (Å²) in [7, 11) is 0. The van der Waals surface area contributed by atoms with Crippen LogP contribution in [-0.2, 0) is 6.18 Å². The minimum Gasteiger partial charge on any atom is -0.477 e. The third-order valence-electron chi connectivity index (χ3n) is 3.33. The van der Waals surface area contributed by atoms with Crippen LogP contribution in [0.2, 0.25) is 0 Å². The summed E-state index contributed by atoms with van der Waals surface area (Å²) >= 11 is 0. The lowest BCUT2D eigenvalue weighted by atomic mass is 10.0. The molecule has 0 saturated heterocycles. The highest BCUT2D eigenvalue weighted by molar-refractivity contribution is 5.80. The van der Waals surface area contributed by atoms with Gasteiger partial charge in [0.15, 0.2) is 6.29 Å². The van der Waals surface area contributed by atoms with Crippen LogP contribution in [0.25, 0.3) is 11.1 Å². The van der Waals surface area contributed by atoms with Crippen LogP contribution in [0.15, 0.2) is 30.5 Å². The van der Waals surface area contributed by atoms with Gasteiger partial charge >= 0.3 is 6.18 Å². The minimum atomic E-state index is -4.61. The number of benzene rings is 1. The molecule has 0 unspecified atom stereocenters. The summed E-state index contributed by atoms with van der Waals surface area (Å²) in [5.41, 5.74) is -1.17. The number of pyridine rings is 1. The molecule has 0 radical (unpaired) electrons. The lowest BCUT2D eigenvalue weighted by Crippen LogP contribution is -2.06. The van der Waals surface area contributed by atoms with Gasteiger partial charge in [0.25, 0.3) is 0 Å². The summed E-state index contributed by atoms with van der Waals surface area (Å²) in [5, 5.41) is 0. The monoisotopic (exact) mass is 341 g/mol. The molecule has 0 N–H and O–H groups in total. The van der Waals surface area contributed by atoms with Crippen LogP contribution in [0.4, 0.5) is 17.6 Å². The number of aromatic nitrogens is 1. The molecule has 1 heterocycles. The van der Waals surface area contributed by atoms with Crippen molar-refractivity contribution in [3.05, 3.63) is 47.4 Å². The van der Waals surface area contributed by atoms with Gasteiger partial charge in [-0.2, -0.15) is 13.2 Å². The fraction of sp³-hybridized carbons (Fsp3) is 0.294. The summed E-state index contributed by atoms with van der Waals surface area (Å²) in [6.45, 7) is 2.23. The first kappa shape index (κ1) is 17.9. The molecule has 0 fully saturated rings. The fourth-order valence-corrected chi connectivity index (χ4v) is 2.06. The van der Waals surface area contributed by atoms with Crippen LogP contribution >= 0.6 is 0 Å². The van der Waals surface area contributed by atoms with E-state index in [1.807, 2.05) is 6.92 Å². The number of alkyl halides is 3. The van der Waals surface area contributed by atoms with Crippen molar-refractivity contribution in [3.8, 4) is 17.0 Å². The van der Waals surface area contributed by atoms with Crippen molar-refractivity contribution in [2.45, 2.75) is 25.9 Å². The highest BCUT2D eigenvalue weighted by Crippen LogP contribution is 2.36. The molecule has 0 atom stereocenters. The van der Waals surface area contributed by atoms with E-state index in [0.29, 0.717) is 24.8 Å². The fourth-order valence-electron chi connectivity index (χ4n) is 2.06. The Morgan fingerprint density at radius 1 is 1.21 bits per heavy atom. The lowest BCUT2D eigenvalue weighted by Gasteiger charge is -2.13. The normalized spacial score (nSPS) is 11.4. The highest BCUT2D eigenvalue weighted by Gasteiger charge is 2.31. The Kier molecular flexibility index (Phi) is 5.54. The lowest BCUT2D eigenvalue weighted by molar-refractivity contribution is -0.137. The predicted octanol–water partition coefficient (Wildman–Crippen LogP) is 4.90. The Balaban J connectivity index is 2.54. The van der Waals surface area contributed by atoms with Gasteiger partial charge in [-0.15, -0.1) is 0 Å². The molecule has 3 nitrogen and oxygen atoms in total. The number of halogens is 4. The van der Waals surface area contributed by atoms with Gasteiger partial charge in [-0.05, 0) is 30.7 Å². The number of carbonyl (C=O) groups is 1. The van der Waals surface area contributed by atoms with Crippen molar-refractivity contribution in [1.82, 2.24) is 4.98 Å². The molecule has 0 amide bonds. The maximum Gasteiger partial charge on any atom is 0.416 e. The van der Waals surface area contributed by atoms with E-state index in [1.165, 1.54) is 12.3 Å². The van der Waals surface area contributed by atoms with E-state index >= 15 is 0 Å². The van der Waals surface area contributed by atoms with Gasteiger partial charge in [-0.3, -0.25) is 4.79 Å². The van der Waals surface area contributed by atoms with Crippen LogP contribution in [0.3, 0.4) is 0 Å². The number of nitrogens with zero attached hydrogens (tertiary/aromatic N) is 1. The van der Waals surface area contributed by atoms with E-state index < -0.39 is 17.6 Å². The quantitative estimate of drug-likeness (QED) is 0.426. The van der Waals surface area contributed by atoms with Gasteiger partial charge in [0, 0.05) is 22.9 Å². The minimum absolute atomic E-state index is 0.00715. The van der Waals surface area contributed by atoms with Gasteiger partial charge in [-0.25, -0.2) is 9.37 Å². The van der Waals surface area contributed by atoms with Crippen LogP contribution < -0.4 is 4.74 Å². The topological polar surface area (TPSA) is 39.2 Å². The average Bonchev–Trinajstić information content (AvgIpc) is 2.55. The van der Waals surface area contributed by atoms with Crippen LogP contribution in [0.5, 0.6) is 5.88 Å². The molecule has 2 rings (SSSR count). The van der Waals surface area contributed by atoms with Gasteiger partial charge in [0.2, 0.25) is 5.88 Å². The molecule has 24 heavy (non-hydrogen) atoms. The van der Waals surface area contributed by atoms with Crippen molar-refractivity contribution < 1.29 is 27.1 Å². The van der Waals surface area contributed by atoms with E-state index in [0.717, 1.165) is 12.5 Å². The van der Waals surface area contributed by atoms with E-state index in [4.69, 9.17) is 4.74 Å². The Labute approximate surface area is 136 Å². The number of hydrogen-bond donors (Lipinski definition) is 0. The molecule has 1 aromatic carbocycles. The van der Waals surface area contributed by atoms with Crippen molar-refractivity contribution >= 4 is 6.29 Å². The SMILES string of the molecule is CCCCOc1ncc(C=O)cc1-c1cc(C(F)(F)F)ccc1F. The molecular formula is C17H15F4NO2. The van der Waals surface area contributed by atoms with E-state index in [2.05, 4.69) is 4.98 Å². The molecule has 0 aliphatic rings. The second-order valence-corrected chi connectivity index (χ2v) is 5.13. The number of ether oxygens (including phenoxy) is 1. The third-order valence-corrected chi connectivity index (χ3v) is 3.33. The smallest absolute Gasteiger partial charge is 0.416 e. The first-order chi connectivity index (χ1) is 11.4. The van der Waals surface area contributed by atoms with Gasteiger partial charge in [0.1, 0.15) is 5.82 Å². The second-order valence-electron chi connectivity index (χ2n) is 5.13.